The zero-order valence-corrected chi connectivity index (χ0v) is 16.6. The molecule has 2 aromatic carbocycles. The summed E-state index contributed by atoms with van der Waals surface area (Å²) >= 11 is 0. The normalized spacial score (nSPS) is 13.6. The number of nitrogens with zero attached hydrogens (tertiary/aromatic N) is 1. The summed E-state index contributed by atoms with van der Waals surface area (Å²) in [5.74, 6) is -0.599. The van der Waals surface area contributed by atoms with Crippen LogP contribution >= 0.6 is 0 Å². The fourth-order valence-corrected chi connectivity index (χ4v) is 3.79. The molecule has 0 spiro atoms. The summed E-state index contributed by atoms with van der Waals surface area (Å²) in [7, 11) is -2.22. The molecule has 0 aliphatic heterocycles. The van der Waals surface area contributed by atoms with Gasteiger partial charge in [0.25, 0.3) is 15.9 Å². The van der Waals surface area contributed by atoms with E-state index in [1.54, 1.807) is 36.4 Å². The molecule has 0 heterocycles. The fourth-order valence-electron chi connectivity index (χ4n) is 2.60. The maximum absolute atomic E-state index is 12.7. The molecule has 1 aliphatic rings. The highest BCUT2D eigenvalue weighted by Gasteiger charge is 2.23. The zero-order chi connectivity index (χ0) is 20.3. The van der Waals surface area contributed by atoms with E-state index in [1.165, 1.54) is 23.5 Å². The number of carbonyl (C=O) groups excluding carboxylic acids is 2. The van der Waals surface area contributed by atoms with Gasteiger partial charge in [0.1, 0.15) is 0 Å². The van der Waals surface area contributed by atoms with Crippen LogP contribution in [0.1, 0.15) is 28.8 Å². The predicted octanol–water partition coefficient (Wildman–Crippen LogP) is 1.83. The second kappa shape index (κ2) is 8.02. The smallest absolute Gasteiger partial charge is 0.264 e. The predicted molar refractivity (Wildman–Crippen MR) is 107 cm³/mol. The molecular formula is C20H23N3O4S. The number of aryl methyl sites for hydroxylation is 1. The third-order valence-electron chi connectivity index (χ3n) is 4.52. The lowest BCUT2D eigenvalue weighted by atomic mass is 10.2. The molecule has 0 unspecified atom stereocenters. The molecule has 0 atom stereocenters. The number of benzene rings is 2. The molecule has 0 aromatic heterocycles. The minimum atomic E-state index is -3.69. The highest BCUT2D eigenvalue weighted by Crippen LogP contribution is 2.22. The first kappa shape index (κ1) is 19.9. The molecule has 1 fully saturated rings. The van der Waals surface area contributed by atoms with Crippen LogP contribution in [-0.2, 0) is 14.8 Å². The Hall–Kier alpha value is -2.87. The molecule has 0 bridgehead atoms. The summed E-state index contributed by atoms with van der Waals surface area (Å²) < 4.78 is 26.6. The first-order valence-corrected chi connectivity index (χ1v) is 10.4. The van der Waals surface area contributed by atoms with Gasteiger partial charge in [-0.05, 0) is 56.2 Å². The molecule has 8 heteroatoms. The van der Waals surface area contributed by atoms with Crippen LogP contribution in [0.4, 0.5) is 5.69 Å². The summed E-state index contributed by atoms with van der Waals surface area (Å²) in [5, 5.41) is 5.35. The van der Waals surface area contributed by atoms with Gasteiger partial charge in [0.2, 0.25) is 5.91 Å². The molecule has 1 saturated carbocycles. The Morgan fingerprint density at radius 1 is 1.04 bits per heavy atom. The number of anilines is 1. The SMILES string of the molecule is Cc1ccc(S(=O)(=O)N(C)c2ccc(C(=O)NCC(=O)NC3CC3)cc2)cc1. The van der Waals surface area contributed by atoms with Crippen LogP contribution in [0.2, 0.25) is 0 Å². The van der Waals surface area contributed by atoms with E-state index in [4.69, 9.17) is 0 Å². The molecule has 3 rings (SSSR count). The number of amides is 2. The van der Waals surface area contributed by atoms with Gasteiger partial charge in [-0.25, -0.2) is 8.42 Å². The van der Waals surface area contributed by atoms with E-state index in [2.05, 4.69) is 10.6 Å². The van der Waals surface area contributed by atoms with Crippen molar-refractivity contribution in [1.29, 1.82) is 0 Å². The van der Waals surface area contributed by atoms with E-state index in [0.717, 1.165) is 18.4 Å². The standard InChI is InChI=1S/C20H23N3O4S/c1-14-3-11-18(12-4-14)28(26,27)23(2)17-9-5-15(6-10-17)20(25)21-13-19(24)22-16-7-8-16/h3-6,9-12,16H,7-8,13H2,1-2H3,(H,21,25)(H,22,24). The van der Waals surface area contributed by atoms with Gasteiger partial charge in [-0.15, -0.1) is 0 Å². The topological polar surface area (TPSA) is 95.6 Å². The van der Waals surface area contributed by atoms with E-state index >= 15 is 0 Å². The fraction of sp³-hybridized carbons (Fsp3) is 0.300. The van der Waals surface area contributed by atoms with Gasteiger partial charge < -0.3 is 10.6 Å². The summed E-state index contributed by atoms with van der Waals surface area (Å²) in [5.41, 5.74) is 1.76. The molecule has 0 radical (unpaired) electrons. The Morgan fingerprint density at radius 2 is 1.64 bits per heavy atom. The van der Waals surface area contributed by atoms with E-state index in [1.807, 2.05) is 6.92 Å². The number of rotatable bonds is 7. The van der Waals surface area contributed by atoms with Gasteiger partial charge in [0, 0.05) is 18.7 Å². The molecule has 28 heavy (non-hydrogen) atoms. The first-order chi connectivity index (χ1) is 13.3. The van der Waals surface area contributed by atoms with Crippen molar-refractivity contribution in [3.05, 3.63) is 59.7 Å². The molecule has 148 valence electrons. The second-order valence-electron chi connectivity index (χ2n) is 6.86. The minimum Gasteiger partial charge on any atom is -0.352 e. The van der Waals surface area contributed by atoms with Crippen molar-refractivity contribution in [3.8, 4) is 0 Å². The average molecular weight is 401 g/mol. The van der Waals surface area contributed by atoms with E-state index < -0.39 is 10.0 Å². The lowest BCUT2D eigenvalue weighted by Gasteiger charge is -2.20. The number of sulfonamides is 1. The molecular weight excluding hydrogens is 378 g/mol. The molecule has 0 saturated heterocycles. The molecule has 1 aliphatic carbocycles. The monoisotopic (exact) mass is 401 g/mol. The number of carbonyl (C=O) groups is 2. The highest BCUT2D eigenvalue weighted by atomic mass is 32.2. The van der Waals surface area contributed by atoms with E-state index in [-0.39, 0.29) is 29.3 Å². The Kier molecular flexibility index (Phi) is 5.69. The van der Waals surface area contributed by atoms with Crippen LogP contribution in [0.3, 0.4) is 0 Å². The largest absolute Gasteiger partial charge is 0.352 e. The van der Waals surface area contributed by atoms with Crippen LogP contribution in [0, 0.1) is 6.92 Å². The van der Waals surface area contributed by atoms with Crippen molar-refractivity contribution < 1.29 is 18.0 Å². The van der Waals surface area contributed by atoms with Crippen molar-refractivity contribution >= 4 is 27.5 Å². The Balaban J connectivity index is 1.64. The van der Waals surface area contributed by atoms with Crippen LogP contribution in [-0.4, -0.2) is 39.9 Å². The maximum Gasteiger partial charge on any atom is 0.264 e. The van der Waals surface area contributed by atoms with Gasteiger partial charge in [-0.2, -0.15) is 0 Å². The van der Waals surface area contributed by atoms with Gasteiger partial charge in [0.05, 0.1) is 17.1 Å². The average Bonchev–Trinajstić information content (AvgIpc) is 3.50. The Labute approximate surface area is 164 Å². The van der Waals surface area contributed by atoms with Crippen molar-refractivity contribution in [2.75, 3.05) is 17.9 Å². The molecule has 2 amide bonds. The summed E-state index contributed by atoms with van der Waals surface area (Å²) in [4.78, 5) is 24.0. The van der Waals surface area contributed by atoms with Gasteiger partial charge in [0.15, 0.2) is 0 Å². The number of hydrogen-bond donors (Lipinski definition) is 2. The second-order valence-corrected chi connectivity index (χ2v) is 8.83. The maximum atomic E-state index is 12.7. The number of nitrogens with one attached hydrogen (secondary N) is 2. The zero-order valence-electron chi connectivity index (χ0n) is 15.8. The molecule has 7 nitrogen and oxygen atoms in total. The van der Waals surface area contributed by atoms with E-state index in [9.17, 15) is 18.0 Å². The van der Waals surface area contributed by atoms with Crippen LogP contribution in [0.5, 0.6) is 0 Å². The van der Waals surface area contributed by atoms with Crippen molar-refractivity contribution in [1.82, 2.24) is 10.6 Å². The molecule has 2 aromatic rings. The van der Waals surface area contributed by atoms with Gasteiger partial charge in [-0.3, -0.25) is 13.9 Å². The summed E-state index contributed by atoms with van der Waals surface area (Å²) in [6.45, 7) is 1.80. The van der Waals surface area contributed by atoms with Crippen molar-refractivity contribution in [3.63, 3.8) is 0 Å². The van der Waals surface area contributed by atoms with Gasteiger partial charge >= 0.3 is 0 Å². The summed E-state index contributed by atoms with van der Waals surface area (Å²) in [6, 6.07) is 13.0. The van der Waals surface area contributed by atoms with Gasteiger partial charge in [-0.1, -0.05) is 17.7 Å². The van der Waals surface area contributed by atoms with E-state index in [0.29, 0.717) is 11.3 Å². The minimum absolute atomic E-state index is 0.0845. The number of hydrogen-bond acceptors (Lipinski definition) is 4. The van der Waals surface area contributed by atoms with Crippen molar-refractivity contribution in [2.24, 2.45) is 0 Å². The Bertz CT molecular complexity index is 966. The first-order valence-electron chi connectivity index (χ1n) is 9.00. The lowest BCUT2D eigenvalue weighted by Crippen LogP contribution is -2.37. The Morgan fingerprint density at radius 3 is 2.21 bits per heavy atom. The van der Waals surface area contributed by atoms with Crippen LogP contribution < -0.4 is 14.9 Å². The third-order valence-corrected chi connectivity index (χ3v) is 6.32. The van der Waals surface area contributed by atoms with Crippen LogP contribution in [0.25, 0.3) is 0 Å². The third kappa shape index (κ3) is 4.69. The quantitative estimate of drug-likeness (QED) is 0.740. The van der Waals surface area contributed by atoms with Crippen molar-refractivity contribution in [2.45, 2.75) is 30.7 Å². The molecule has 2 N–H and O–H groups in total. The van der Waals surface area contributed by atoms with Crippen LogP contribution in [0.15, 0.2) is 53.4 Å². The summed E-state index contributed by atoms with van der Waals surface area (Å²) in [6.07, 6.45) is 1.97. The lowest BCUT2D eigenvalue weighted by molar-refractivity contribution is -0.120. The highest BCUT2D eigenvalue weighted by molar-refractivity contribution is 7.92.